The van der Waals surface area contributed by atoms with Gasteiger partial charge in [-0.05, 0) is 44.9 Å². The van der Waals surface area contributed by atoms with Gasteiger partial charge in [0.15, 0.2) is 0 Å². The lowest BCUT2D eigenvalue weighted by molar-refractivity contribution is -0.168. The average molecular weight is 294 g/mol. The van der Waals surface area contributed by atoms with Crippen molar-refractivity contribution < 1.29 is 19.1 Å². The highest BCUT2D eigenvalue weighted by molar-refractivity contribution is 5.83. The van der Waals surface area contributed by atoms with Crippen LogP contribution in [0.25, 0.3) is 0 Å². The zero-order valence-corrected chi connectivity index (χ0v) is 13.3. The minimum Gasteiger partial charge on any atom is -0.462 e. The quantitative estimate of drug-likeness (QED) is 0.748. The number of ketones is 2. The molecule has 21 heavy (non-hydrogen) atoms. The molecule has 2 saturated carbocycles. The van der Waals surface area contributed by atoms with E-state index in [1.54, 1.807) is 6.92 Å². The number of rotatable bonds is 4. The van der Waals surface area contributed by atoms with Crippen molar-refractivity contribution in [3.63, 3.8) is 0 Å². The highest BCUT2D eigenvalue weighted by Gasteiger charge is 2.52. The molecule has 2 aliphatic rings. The Bertz CT molecular complexity index is 442. The van der Waals surface area contributed by atoms with Crippen LogP contribution in [0.5, 0.6) is 0 Å². The fraction of sp³-hybridized carbons (Fsp3) is 0.824. The van der Waals surface area contributed by atoms with Gasteiger partial charge in [0.05, 0.1) is 0 Å². The van der Waals surface area contributed by atoms with Crippen LogP contribution < -0.4 is 0 Å². The van der Waals surface area contributed by atoms with Crippen molar-refractivity contribution in [2.75, 3.05) is 0 Å². The summed E-state index contributed by atoms with van der Waals surface area (Å²) in [6, 6.07) is 0. The Morgan fingerprint density at radius 2 is 2.00 bits per heavy atom. The first-order valence-electron chi connectivity index (χ1n) is 8.04. The summed E-state index contributed by atoms with van der Waals surface area (Å²) in [6.45, 7) is 5.20. The van der Waals surface area contributed by atoms with Crippen molar-refractivity contribution in [2.24, 2.45) is 17.3 Å². The molecule has 0 aromatic rings. The molecule has 4 heteroatoms. The van der Waals surface area contributed by atoms with Crippen molar-refractivity contribution in [1.82, 2.24) is 0 Å². The summed E-state index contributed by atoms with van der Waals surface area (Å²) in [4.78, 5) is 34.9. The van der Waals surface area contributed by atoms with Crippen molar-refractivity contribution >= 4 is 17.5 Å². The minimum absolute atomic E-state index is 0.0361. The predicted molar refractivity (Wildman–Crippen MR) is 78.6 cm³/mol. The van der Waals surface area contributed by atoms with Crippen LogP contribution in [0, 0.1) is 17.3 Å². The number of hydrogen-bond acceptors (Lipinski definition) is 4. The Morgan fingerprint density at radius 1 is 1.29 bits per heavy atom. The first-order valence-corrected chi connectivity index (χ1v) is 8.04. The highest BCUT2D eigenvalue weighted by Crippen LogP contribution is 2.53. The lowest BCUT2D eigenvalue weighted by Crippen LogP contribution is -2.52. The predicted octanol–water partition coefficient (Wildman–Crippen LogP) is 3.07. The van der Waals surface area contributed by atoms with Crippen molar-refractivity contribution in [3.8, 4) is 0 Å². The van der Waals surface area contributed by atoms with E-state index in [1.165, 1.54) is 6.92 Å². The second-order valence-electron chi connectivity index (χ2n) is 6.95. The van der Waals surface area contributed by atoms with Gasteiger partial charge >= 0.3 is 5.97 Å². The summed E-state index contributed by atoms with van der Waals surface area (Å²) in [5.41, 5.74) is -0.112. The van der Waals surface area contributed by atoms with Gasteiger partial charge in [-0.2, -0.15) is 0 Å². The lowest BCUT2D eigenvalue weighted by atomic mass is 9.54. The van der Waals surface area contributed by atoms with Crippen LogP contribution in [0.1, 0.15) is 65.7 Å². The van der Waals surface area contributed by atoms with Crippen LogP contribution in [0.4, 0.5) is 0 Å². The number of fused-ring (bicyclic) bond motifs is 1. The van der Waals surface area contributed by atoms with Crippen LogP contribution in [-0.4, -0.2) is 23.6 Å². The number of carbonyl (C=O) groups is 3. The molecule has 0 aliphatic heterocycles. The summed E-state index contributed by atoms with van der Waals surface area (Å²) < 4.78 is 5.56. The van der Waals surface area contributed by atoms with Crippen LogP contribution in [0.2, 0.25) is 0 Å². The highest BCUT2D eigenvalue weighted by atomic mass is 16.5. The lowest BCUT2D eigenvalue weighted by Gasteiger charge is -2.52. The zero-order valence-electron chi connectivity index (χ0n) is 13.3. The topological polar surface area (TPSA) is 60.4 Å². The van der Waals surface area contributed by atoms with Gasteiger partial charge in [-0.25, -0.2) is 0 Å². The summed E-state index contributed by atoms with van der Waals surface area (Å²) in [7, 11) is 0. The van der Waals surface area contributed by atoms with Gasteiger partial charge in [-0.1, -0.05) is 6.92 Å². The molecular formula is C17H26O4. The SMILES string of the molecule is CC(=O)CCC1C(=O)CCC2(C)C(OC(C)=O)CCCC12. The number of ether oxygens (including phenoxy) is 1. The third-order valence-corrected chi connectivity index (χ3v) is 5.49. The molecule has 0 N–H and O–H groups in total. The van der Waals surface area contributed by atoms with E-state index in [4.69, 9.17) is 4.74 Å². The van der Waals surface area contributed by atoms with E-state index < -0.39 is 0 Å². The Morgan fingerprint density at radius 3 is 2.62 bits per heavy atom. The molecule has 0 aromatic heterocycles. The normalized spacial score (nSPS) is 36.0. The van der Waals surface area contributed by atoms with Gasteiger partial charge in [0.25, 0.3) is 0 Å². The van der Waals surface area contributed by atoms with Gasteiger partial charge in [-0.3, -0.25) is 9.59 Å². The number of esters is 1. The summed E-state index contributed by atoms with van der Waals surface area (Å²) >= 11 is 0. The van der Waals surface area contributed by atoms with E-state index in [1.807, 2.05) is 0 Å². The molecule has 4 atom stereocenters. The molecule has 0 saturated heterocycles. The van der Waals surface area contributed by atoms with Gasteiger partial charge in [0.2, 0.25) is 0 Å². The van der Waals surface area contributed by atoms with E-state index in [-0.39, 0.29) is 35.1 Å². The van der Waals surface area contributed by atoms with E-state index in [2.05, 4.69) is 6.92 Å². The smallest absolute Gasteiger partial charge is 0.302 e. The molecule has 118 valence electrons. The molecule has 4 unspecified atom stereocenters. The van der Waals surface area contributed by atoms with Gasteiger partial charge in [0.1, 0.15) is 17.7 Å². The molecule has 0 spiro atoms. The summed E-state index contributed by atoms with van der Waals surface area (Å²) in [6.07, 6.45) is 5.27. The van der Waals surface area contributed by atoms with Crippen molar-refractivity contribution in [2.45, 2.75) is 71.8 Å². The van der Waals surface area contributed by atoms with Crippen LogP contribution >= 0.6 is 0 Å². The third kappa shape index (κ3) is 3.35. The van der Waals surface area contributed by atoms with Gasteiger partial charge < -0.3 is 9.53 Å². The molecule has 0 heterocycles. The standard InChI is InChI=1S/C17H26O4/c1-11(18)7-8-13-14-5-4-6-16(21-12(2)19)17(14,3)10-9-15(13)20/h13-14,16H,4-10H2,1-3H3. The molecular weight excluding hydrogens is 268 g/mol. The largest absolute Gasteiger partial charge is 0.462 e. The Balaban J connectivity index is 2.19. The van der Waals surface area contributed by atoms with Gasteiger partial charge in [0, 0.05) is 31.1 Å². The van der Waals surface area contributed by atoms with Crippen molar-refractivity contribution in [1.29, 1.82) is 0 Å². The fourth-order valence-electron chi connectivity index (χ4n) is 4.35. The molecule has 0 aromatic carbocycles. The Hall–Kier alpha value is -1.19. The van der Waals surface area contributed by atoms with E-state index in [0.29, 0.717) is 25.0 Å². The minimum atomic E-state index is -0.237. The maximum Gasteiger partial charge on any atom is 0.302 e. The first kappa shape index (κ1) is 16.2. The van der Waals surface area contributed by atoms with Crippen LogP contribution in [-0.2, 0) is 19.1 Å². The molecule has 0 radical (unpaired) electrons. The van der Waals surface area contributed by atoms with Crippen LogP contribution in [0.3, 0.4) is 0 Å². The number of carbonyl (C=O) groups excluding carboxylic acids is 3. The molecule has 0 bridgehead atoms. The second kappa shape index (κ2) is 6.29. The zero-order chi connectivity index (χ0) is 15.6. The number of Topliss-reactive ketones (excluding diaryl/α,β-unsaturated/α-hetero) is 2. The first-order chi connectivity index (χ1) is 9.84. The van der Waals surface area contributed by atoms with E-state index >= 15 is 0 Å². The van der Waals surface area contributed by atoms with E-state index in [9.17, 15) is 14.4 Å². The molecule has 0 amide bonds. The maximum atomic E-state index is 12.3. The molecule has 2 rings (SSSR count). The fourth-order valence-corrected chi connectivity index (χ4v) is 4.35. The third-order valence-electron chi connectivity index (χ3n) is 5.49. The average Bonchev–Trinajstić information content (AvgIpc) is 2.39. The second-order valence-corrected chi connectivity index (χ2v) is 6.95. The Labute approximate surface area is 126 Å². The van der Waals surface area contributed by atoms with E-state index in [0.717, 1.165) is 25.7 Å². The summed E-state index contributed by atoms with van der Waals surface area (Å²) in [5, 5.41) is 0. The van der Waals surface area contributed by atoms with Gasteiger partial charge in [-0.15, -0.1) is 0 Å². The van der Waals surface area contributed by atoms with Crippen LogP contribution in [0.15, 0.2) is 0 Å². The molecule has 4 nitrogen and oxygen atoms in total. The molecule has 2 fully saturated rings. The van der Waals surface area contributed by atoms with Crippen molar-refractivity contribution in [3.05, 3.63) is 0 Å². The maximum absolute atomic E-state index is 12.3. The Kier molecular flexibility index (Phi) is 4.84. The summed E-state index contributed by atoms with van der Waals surface area (Å²) in [5.74, 6) is 0.408. The number of hydrogen-bond donors (Lipinski definition) is 0. The monoisotopic (exact) mass is 294 g/mol. The molecule has 2 aliphatic carbocycles.